The summed E-state index contributed by atoms with van der Waals surface area (Å²) >= 11 is 0. The molecule has 3 rings (SSSR count). The summed E-state index contributed by atoms with van der Waals surface area (Å²) < 4.78 is 16.6. The van der Waals surface area contributed by atoms with Crippen LogP contribution in [0.1, 0.15) is 38.3 Å². The van der Waals surface area contributed by atoms with E-state index in [1.807, 2.05) is 20.8 Å². The van der Waals surface area contributed by atoms with Crippen molar-refractivity contribution in [1.29, 1.82) is 0 Å². The summed E-state index contributed by atoms with van der Waals surface area (Å²) in [7, 11) is 0. The van der Waals surface area contributed by atoms with Crippen LogP contribution in [-0.4, -0.2) is 49.4 Å². The zero-order valence-electron chi connectivity index (χ0n) is 15.4. The van der Waals surface area contributed by atoms with Gasteiger partial charge in [-0.15, -0.1) is 0 Å². The lowest BCUT2D eigenvalue weighted by Crippen LogP contribution is -2.36. The van der Waals surface area contributed by atoms with E-state index < -0.39 is 5.60 Å². The number of hydrogen-bond acceptors (Lipinski definition) is 5. The van der Waals surface area contributed by atoms with Crippen LogP contribution in [0.5, 0.6) is 11.5 Å². The van der Waals surface area contributed by atoms with Crippen LogP contribution in [0.4, 0.5) is 4.79 Å². The topological polar surface area (TPSA) is 60.0 Å². The Hall–Kier alpha value is -1.95. The van der Waals surface area contributed by atoms with Crippen molar-refractivity contribution in [2.75, 3.05) is 32.8 Å². The first kappa shape index (κ1) is 17.9. The third kappa shape index (κ3) is 5.01. The molecule has 25 heavy (non-hydrogen) atoms. The number of amides is 1. The first-order valence-electron chi connectivity index (χ1n) is 9.01. The first-order chi connectivity index (χ1) is 11.9. The van der Waals surface area contributed by atoms with E-state index in [4.69, 9.17) is 14.2 Å². The van der Waals surface area contributed by atoms with Gasteiger partial charge in [-0.05, 0) is 56.9 Å². The van der Waals surface area contributed by atoms with Gasteiger partial charge in [0.1, 0.15) is 18.8 Å². The molecule has 0 fully saturated rings. The highest BCUT2D eigenvalue weighted by Gasteiger charge is 2.21. The summed E-state index contributed by atoms with van der Waals surface area (Å²) in [6, 6.07) is 4.25. The molecule has 1 amide bonds. The monoisotopic (exact) mass is 348 g/mol. The van der Waals surface area contributed by atoms with E-state index in [1.165, 1.54) is 11.1 Å². The Labute approximate surface area is 149 Å². The van der Waals surface area contributed by atoms with Crippen molar-refractivity contribution in [3.8, 4) is 11.5 Å². The van der Waals surface area contributed by atoms with Gasteiger partial charge >= 0.3 is 6.09 Å². The molecule has 0 atom stereocenters. The van der Waals surface area contributed by atoms with Gasteiger partial charge in [-0.3, -0.25) is 4.90 Å². The maximum absolute atomic E-state index is 11.6. The Kier molecular flexibility index (Phi) is 5.37. The van der Waals surface area contributed by atoms with E-state index in [-0.39, 0.29) is 6.09 Å². The maximum atomic E-state index is 11.6. The molecule has 0 spiro atoms. The van der Waals surface area contributed by atoms with Gasteiger partial charge in [-0.25, -0.2) is 4.79 Å². The normalized spacial score (nSPS) is 16.9. The van der Waals surface area contributed by atoms with Gasteiger partial charge in [0.05, 0.1) is 0 Å². The summed E-state index contributed by atoms with van der Waals surface area (Å²) in [6.45, 7) is 10.4. The van der Waals surface area contributed by atoms with Crippen LogP contribution in [-0.2, 0) is 17.7 Å². The number of benzene rings is 1. The molecule has 0 bridgehead atoms. The molecule has 1 aromatic carbocycles. The number of hydrogen-bond donors (Lipinski definition) is 1. The Morgan fingerprint density at radius 3 is 2.56 bits per heavy atom. The highest BCUT2D eigenvalue weighted by atomic mass is 16.6. The van der Waals surface area contributed by atoms with Crippen LogP contribution in [0.25, 0.3) is 0 Å². The summed E-state index contributed by atoms with van der Waals surface area (Å²) in [5.74, 6) is 1.73. The molecule has 2 heterocycles. The number of nitrogens with zero attached hydrogens (tertiary/aromatic N) is 1. The molecule has 2 aliphatic heterocycles. The van der Waals surface area contributed by atoms with Crippen molar-refractivity contribution in [2.24, 2.45) is 0 Å². The molecule has 0 radical (unpaired) electrons. The molecule has 1 aromatic rings. The number of alkyl carbamates (subject to hydrolysis) is 1. The van der Waals surface area contributed by atoms with Crippen molar-refractivity contribution in [3.63, 3.8) is 0 Å². The average molecular weight is 348 g/mol. The second-order valence-electron chi connectivity index (χ2n) is 7.57. The third-order valence-electron chi connectivity index (χ3n) is 4.28. The fraction of sp³-hybridized carbons (Fsp3) is 0.632. The van der Waals surface area contributed by atoms with Gasteiger partial charge < -0.3 is 19.5 Å². The minimum atomic E-state index is -0.453. The molecule has 138 valence electrons. The largest absolute Gasteiger partial charge is 0.486 e. The fourth-order valence-corrected chi connectivity index (χ4v) is 3.15. The van der Waals surface area contributed by atoms with E-state index >= 15 is 0 Å². The van der Waals surface area contributed by atoms with E-state index in [1.54, 1.807) is 0 Å². The summed E-state index contributed by atoms with van der Waals surface area (Å²) in [4.78, 5) is 14.0. The van der Waals surface area contributed by atoms with Crippen LogP contribution in [0.2, 0.25) is 0 Å². The minimum Gasteiger partial charge on any atom is -0.486 e. The standard InChI is InChI=1S/C19H28N2O4/c1-19(2,3)25-18(22)20-6-4-7-21-8-5-14-11-16-17(12-15(14)13-21)24-10-9-23-16/h11-12H,4-10,13H2,1-3H3,(H,20,22). The maximum Gasteiger partial charge on any atom is 0.407 e. The SMILES string of the molecule is CC(C)(C)OC(=O)NCCCN1CCc2cc3c(cc2C1)OCCO3. The van der Waals surface area contributed by atoms with Gasteiger partial charge in [-0.1, -0.05) is 0 Å². The van der Waals surface area contributed by atoms with Crippen LogP contribution < -0.4 is 14.8 Å². The molecule has 0 aromatic heterocycles. The highest BCUT2D eigenvalue weighted by Crippen LogP contribution is 2.35. The van der Waals surface area contributed by atoms with Crippen LogP contribution in [0.15, 0.2) is 12.1 Å². The summed E-state index contributed by atoms with van der Waals surface area (Å²) in [5.41, 5.74) is 2.22. The zero-order chi connectivity index (χ0) is 17.9. The van der Waals surface area contributed by atoms with E-state index in [9.17, 15) is 4.79 Å². The minimum absolute atomic E-state index is 0.347. The lowest BCUT2D eigenvalue weighted by molar-refractivity contribution is 0.0525. The van der Waals surface area contributed by atoms with Gasteiger partial charge in [0.15, 0.2) is 11.5 Å². The molecule has 0 saturated heterocycles. The molecule has 1 N–H and O–H groups in total. The first-order valence-corrected chi connectivity index (χ1v) is 9.01. The second-order valence-corrected chi connectivity index (χ2v) is 7.57. The molecule has 6 heteroatoms. The van der Waals surface area contributed by atoms with Crippen molar-refractivity contribution in [2.45, 2.75) is 45.8 Å². The number of fused-ring (bicyclic) bond motifs is 2. The molecule has 2 aliphatic rings. The number of rotatable bonds is 4. The predicted molar refractivity (Wildman–Crippen MR) is 95.3 cm³/mol. The van der Waals surface area contributed by atoms with Gasteiger partial charge in [0.2, 0.25) is 0 Å². The van der Waals surface area contributed by atoms with Crippen molar-refractivity contribution >= 4 is 6.09 Å². The predicted octanol–water partition coefficient (Wildman–Crippen LogP) is 2.73. The quantitative estimate of drug-likeness (QED) is 0.848. The average Bonchev–Trinajstić information content (AvgIpc) is 2.55. The van der Waals surface area contributed by atoms with E-state index in [0.717, 1.165) is 44.0 Å². The molecule has 6 nitrogen and oxygen atoms in total. The number of carbonyl (C=O) groups excluding carboxylic acids is 1. The van der Waals surface area contributed by atoms with Crippen molar-refractivity contribution < 1.29 is 19.0 Å². The van der Waals surface area contributed by atoms with E-state index in [2.05, 4.69) is 22.3 Å². The van der Waals surface area contributed by atoms with Crippen LogP contribution in [0.3, 0.4) is 0 Å². The molecular weight excluding hydrogens is 320 g/mol. The van der Waals surface area contributed by atoms with Crippen LogP contribution >= 0.6 is 0 Å². The Morgan fingerprint density at radius 2 is 1.88 bits per heavy atom. The summed E-state index contributed by atoms with van der Waals surface area (Å²) in [5, 5.41) is 2.81. The number of ether oxygens (including phenoxy) is 3. The Bertz CT molecular complexity index is 625. The Balaban J connectivity index is 1.45. The van der Waals surface area contributed by atoms with Gasteiger partial charge in [-0.2, -0.15) is 0 Å². The van der Waals surface area contributed by atoms with Gasteiger partial charge in [0.25, 0.3) is 0 Å². The second kappa shape index (κ2) is 7.52. The van der Waals surface area contributed by atoms with Gasteiger partial charge in [0, 0.05) is 26.2 Å². The molecule has 0 unspecified atom stereocenters. The smallest absolute Gasteiger partial charge is 0.407 e. The summed E-state index contributed by atoms with van der Waals surface area (Å²) in [6.07, 6.45) is 1.57. The van der Waals surface area contributed by atoms with Crippen LogP contribution in [0, 0.1) is 0 Å². The third-order valence-corrected chi connectivity index (χ3v) is 4.28. The van der Waals surface area contributed by atoms with E-state index in [0.29, 0.717) is 19.8 Å². The Morgan fingerprint density at radius 1 is 1.20 bits per heavy atom. The lowest BCUT2D eigenvalue weighted by Gasteiger charge is -2.30. The highest BCUT2D eigenvalue weighted by molar-refractivity contribution is 5.67. The number of nitrogens with one attached hydrogen (secondary N) is 1. The molecule has 0 aliphatic carbocycles. The molecular formula is C19H28N2O4. The van der Waals surface area contributed by atoms with Crippen molar-refractivity contribution in [3.05, 3.63) is 23.3 Å². The molecule has 0 saturated carbocycles. The number of carbonyl (C=O) groups is 1. The lowest BCUT2D eigenvalue weighted by atomic mass is 9.98. The zero-order valence-corrected chi connectivity index (χ0v) is 15.4. The fourth-order valence-electron chi connectivity index (χ4n) is 3.15. The van der Waals surface area contributed by atoms with Crippen molar-refractivity contribution in [1.82, 2.24) is 10.2 Å².